The van der Waals surface area contributed by atoms with E-state index in [4.69, 9.17) is 5.11 Å². The summed E-state index contributed by atoms with van der Waals surface area (Å²) < 4.78 is 38.5. The van der Waals surface area contributed by atoms with Gasteiger partial charge < -0.3 is 9.67 Å². The molecule has 1 aromatic carbocycles. The minimum Gasteiger partial charge on any atom is -0.383 e. The first-order chi connectivity index (χ1) is 8.29. The van der Waals surface area contributed by atoms with Crippen molar-refractivity contribution >= 4 is 11.0 Å². The van der Waals surface area contributed by atoms with Crippen molar-refractivity contribution in [3.05, 3.63) is 29.6 Å². The SMILES string of the molecule is Cc1ccc2c(c1)nc(CC(O)C(F)(F)F)n2C. The Kier molecular flexibility index (Phi) is 3.06. The number of nitrogens with zero attached hydrogens (tertiary/aromatic N) is 2. The number of fused-ring (bicyclic) bond motifs is 1. The van der Waals surface area contributed by atoms with Gasteiger partial charge in [0.2, 0.25) is 0 Å². The van der Waals surface area contributed by atoms with Crippen LogP contribution in [0.2, 0.25) is 0 Å². The summed E-state index contributed by atoms with van der Waals surface area (Å²) >= 11 is 0. The molecule has 0 fully saturated rings. The number of alkyl halides is 3. The fourth-order valence-electron chi connectivity index (χ4n) is 1.83. The van der Waals surface area contributed by atoms with Crippen LogP contribution >= 0.6 is 0 Å². The lowest BCUT2D eigenvalue weighted by Gasteiger charge is -2.13. The summed E-state index contributed by atoms with van der Waals surface area (Å²) in [5, 5.41) is 9.06. The molecule has 2 rings (SSSR count). The molecular formula is C12H13F3N2O. The minimum absolute atomic E-state index is 0.223. The van der Waals surface area contributed by atoms with E-state index in [0.29, 0.717) is 5.52 Å². The largest absolute Gasteiger partial charge is 0.414 e. The van der Waals surface area contributed by atoms with Crippen LogP contribution in [0.4, 0.5) is 13.2 Å². The summed E-state index contributed by atoms with van der Waals surface area (Å²) in [5.41, 5.74) is 2.38. The predicted molar refractivity (Wildman–Crippen MR) is 61.2 cm³/mol. The van der Waals surface area contributed by atoms with Gasteiger partial charge in [0.15, 0.2) is 6.10 Å². The summed E-state index contributed by atoms with van der Waals surface area (Å²) in [4.78, 5) is 4.13. The van der Waals surface area contributed by atoms with Crippen LogP contribution in [-0.4, -0.2) is 26.9 Å². The lowest BCUT2D eigenvalue weighted by molar-refractivity contribution is -0.203. The number of aryl methyl sites for hydroxylation is 2. The van der Waals surface area contributed by atoms with Gasteiger partial charge in [0.1, 0.15) is 5.82 Å². The molecule has 2 aromatic rings. The first-order valence-corrected chi connectivity index (χ1v) is 5.46. The molecule has 98 valence electrons. The van der Waals surface area contributed by atoms with Crippen molar-refractivity contribution in [1.29, 1.82) is 0 Å². The molecule has 1 heterocycles. The second-order valence-electron chi connectivity index (χ2n) is 4.34. The average molecular weight is 258 g/mol. The molecule has 3 nitrogen and oxygen atoms in total. The van der Waals surface area contributed by atoms with Crippen LogP contribution in [0.1, 0.15) is 11.4 Å². The van der Waals surface area contributed by atoms with Crippen molar-refractivity contribution in [2.45, 2.75) is 25.6 Å². The smallest absolute Gasteiger partial charge is 0.383 e. The van der Waals surface area contributed by atoms with Crippen molar-refractivity contribution in [3.63, 3.8) is 0 Å². The third-order valence-electron chi connectivity index (χ3n) is 2.88. The van der Waals surface area contributed by atoms with Crippen LogP contribution in [-0.2, 0) is 13.5 Å². The summed E-state index contributed by atoms with van der Waals surface area (Å²) in [6.07, 6.45) is -7.53. The number of aromatic nitrogens is 2. The van der Waals surface area contributed by atoms with E-state index in [2.05, 4.69) is 4.98 Å². The highest BCUT2D eigenvalue weighted by molar-refractivity contribution is 5.76. The fourth-order valence-corrected chi connectivity index (χ4v) is 1.83. The molecule has 0 amide bonds. The Morgan fingerprint density at radius 3 is 2.67 bits per heavy atom. The molecule has 0 bridgehead atoms. The quantitative estimate of drug-likeness (QED) is 0.897. The van der Waals surface area contributed by atoms with E-state index in [1.165, 1.54) is 0 Å². The molecule has 1 atom stereocenters. The number of hydrogen-bond donors (Lipinski definition) is 1. The van der Waals surface area contributed by atoms with Gasteiger partial charge in [-0.1, -0.05) is 6.07 Å². The van der Waals surface area contributed by atoms with E-state index >= 15 is 0 Å². The Bertz CT molecular complexity index is 574. The fraction of sp³-hybridized carbons (Fsp3) is 0.417. The van der Waals surface area contributed by atoms with Gasteiger partial charge in [0.25, 0.3) is 0 Å². The van der Waals surface area contributed by atoms with E-state index in [0.717, 1.165) is 11.1 Å². The van der Waals surface area contributed by atoms with E-state index in [1.54, 1.807) is 23.7 Å². The second kappa shape index (κ2) is 4.28. The third-order valence-corrected chi connectivity index (χ3v) is 2.88. The van der Waals surface area contributed by atoms with Gasteiger partial charge in [-0.25, -0.2) is 4.98 Å². The minimum atomic E-state index is -4.62. The Morgan fingerprint density at radius 2 is 2.06 bits per heavy atom. The highest BCUT2D eigenvalue weighted by atomic mass is 19.4. The molecule has 18 heavy (non-hydrogen) atoms. The molecule has 0 saturated heterocycles. The number of hydrogen-bond acceptors (Lipinski definition) is 2. The van der Waals surface area contributed by atoms with Crippen molar-refractivity contribution in [2.24, 2.45) is 7.05 Å². The molecule has 1 unspecified atom stereocenters. The van der Waals surface area contributed by atoms with Crippen LogP contribution in [0.5, 0.6) is 0 Å². The maximum atomic E-state index is 12.3. The Hall–Kier alpha value is -1.56. The lowest BCUT2D eigenvalue weighted by Crippen LogP contribution is -2.31. The van der Waals surface area contributed by atoms with Crippen LogP contribution in [0.3, 0.4) is 0 Å². The average Bonchev–Trinajstić information content (AvgIpc) is 2.54. The van der Waals surface area contributed by atoms with Crippen LogP contribution in [0, 0.1) is 6.92 Å². The summed E-state index contributed by atoms with van der Waals surface area (Å²) in [6, 6.07) is 5.48. The molecule has 0 aliphatic rings. The highest BCUT2D eigenvalue weighted by Crippen LogP contribution is 2.24. The van der Waals surface area contributed by atoms with Crippen molar-refractivity contribution in [1.82, 2.24) is 9.55 Å². The van der Waals surface area contributed by atoms with E-state index in [1.807, 2.05) is 13.0 Å². The summed E-state index contributed by atoms with van der Waals surface area (Å²) in [5.74, 6) is 0.223. The highest BCUT2D eigenvalue weighted by Gasteiger charge is 2.38. The zero-order valence-electron chi connectivity index (χ0n) is 9.99. The maximum Gasteiger partial charge on any atom is 0.414 e. The van der Waals surface area contributed by atoms with Gasteiger partial charge in [-0.2, -0.15) is 13.2 Å². The number of halogens is 3. The predicted octanol–water partition coefficient (Wildman–Crippen LogP) is 2.35. The van der Waals surface area contributed by atoms with Gasteiger partial charge >= 0.3 is 6.18 Å². The molecule has 6 heteroatoms. The number of rotatable bonds is 2. The molecule has 0 saturated carbocycles. The second-order valence-corrected chi connectivity index (χ2v) is 4.34. The first-order valence-electron chi connectivity index (χ1n) is 5.46. The van der Waals surface area contributed by atoms with Gasteiger partial charge in [0, 0.05) is 13.5 Å². The van der Waals surface area contributed by atoms with Gasteiger partial charge in [-0.3, -0.25) is 0 Å². The van der Waals surface area contributed by atoms with Crippen molar-refractivity contribution in [2.75, 3.05) is 0 Å². The van der Waals surface area contributed by atoms with Crippen molar-refractivity contribution in [3.8, 4) is 0 Å². The molecule has 1 aromatic heterocycles. The topological polar surface area (TPSA) is 38.1 Å². The first kappa shape index (κ1) is 12.9. The summed E-state index contributed by atoms with van der Waals surface area (Å²) in [7, 11) is 1.64. The molecule has 0 aliphatic heterocycles. The monoisotopic (exact) mass is 258 g/mol. The third kappa shape index (κ3) is 2.33. The van der Waals surface area contributed by atoms with Gasteiger partial charge in [-0.05, 0) is 24.6 Å². The molecule has 0 aliphatic carbocycles. The van der Waals surface area contributed by atoms with Gasteiger partial charge in [0.05, 0.1) is 11.0 Å². The van der Waals surface area contributed by atoms with Crippen molar-refractivity contribution < 1.29 is 18.3 Å². The van der Waals surface area contributed by atoms with Crippen LogP contribution < -0.4 is 0 Å². The summed E-state index contributed by atoms with van der Waals surface area (Å²) in [6.45, 7) is 1.89. The molecule has 0 spiro atoms. The standard InChI is InChI=1S/C12H13F3N2O/c1-7-3-4-9-8(5-7)16-11(17(9)2)6-10(18)12(13,14)15/h3-5,10,18H,6H2,1-2H3. The number of benzene rings is 1. The molecule has 1 N–H and O–H groups in total. The normalized spacial score (nSPS) is 14.1. The van der Waals surface area contributed by atoms with E-state index in [-0.39, 0.29) is 5.82 Å². The maximum absolute atomic E-state index is 12.3. The Balaban J connectivity index is 2.37. The van der Waals surface area contributed by atoms with Gasteiger partial charge in [-0.15, -0.1) is 0 Å². The zero-order chi connectivity index (χ0) is 13.5. The Morgan fingerprint density at radius 1 is 1.39 bits per heavy atom. The Labute approximate surface area is 102 Å². The zero-order valence-corrected chi connectivity index (χ0v) is 9.99. The number of aliphatic hydroxyl groups is 1. The van der Waals surface area contributed by atoms with E-state index in [9.17, 15) is 13.2 Å². The number of imidazole rings is 1. The molecular weight excluding hydrogens is 245 g/mol. The molecule has 0 radical (unpaired) electrons. The van der Waals surface area contributed by atoms with E-state index < -0.39 is 18.7 Å². The van der Waals surface area contributed by atoms with Crippen LogP contribution in [0.15, 0.2) is 18.2 Å². The van der Waals surface area contributed by atoms with Crippen LogP contribution in [0.25, 0.3) is 11.0 Å². The lowest BCUT2D eigenvalue weighted by atomic mass is 10.2. The number of aliphatic hydroxyl groups excluding tert-OH is 1.